The second-order valence-corrected chi connectivity index (χ2v) is 49.5. The van der Waals surface area contributed by atoms with Gasteiger partial charge in [-0.05, 0) is 232 Å². The molecule has 0 spiro atoms. The first-order valence-electron chi connectivity index (χ1n) is 40.3. The molecule has 0 aliphatic heterocycles. The number of halogens is 15. The highest BCUT2D eigenvalue weighted by Crippen LogP contribution is 2.48. The van der Waals surface area contributed by atoms with Gasteiger partial charge in [-0.1, -0.05) is 232 Å². The van der Waals surface area contributed by atoms with Gasteiger partial charge in [0.25, 0.3) is 56.0 Å². The minimum Gasteiger partial charge on any atom is -0.505 e. The van der Waals surface area contributed by atoms with E-state index >= 15 is 0 Å². The van der Waals surface area contributed by atoms with Crippen LogP contribution in [0.2, 0.25) is 50.2 Å². The Hall–Kier alpha value is -9.36. The number of aromatic hydroxyl groups is 5. The van der Waals surface area contributed by atoms with Gasteiger partial charge in [0, 0.05) is 135 Å². The van der Waals surface area contributed by atoms with Crippen molar-refractivity contribution in [3.63, 3.8) is 0 Å². The van der Waals surface area contributed by atoms with E-state index in [0.29, 0.717) is 147 Å². The third kappa shape index (κ3) is 21.2. The predicted molar refractivity (Wildman–Crippen MR) is 579 cm³/mol. The first-order valence-corrected chi connectivity index (χ1v) is 56.1. The lowest BCUT2D eigenvalue weighted by Crippen LogP contribution is -2.21. The van der Waals surface area contributed by atoms with Gasteiger partial charge in [-0.25, -0.2) is 62.0 Å². The van der Waals surface area contributed by atoms with Crippen LogP contribution in [0.5, 0.6) is 28.7 Å². The van der Waals surface area contributed by atoms with Gasteiger partial charge in [0.05, 0.1) is 85.9 Å². The Kier molecular flexibility index (Phi) is 31.6. The van der Waals surface area contributed by atoms with Gasteiger partial charge in [-0.15, -0.1) is 11.3 Å². The van der Waals surface area contributed by atoms with Crippen molar-refractivity contribution in [3.05, 3.63) is 356 Å². The van der Waals surface area contributed by atoms with Crippen molar-refractivity contribution < 1.29 is 72.4 Å². The van der Waals surface area contributed by atoms with Crippen LogP contribution in [0, 0.1) is 20.8 Å². The standard InChI is InChI=1S/C23H17BrCl2N2O4S.C21H14BrCl2NO3S.C19H11BrCl2N2O3S.C17H9BrCl2N2O3S2.C16H12BrCl2NO3S/c1-27(2)23(30)14-5-3-4-13(8-14)20-10-15-9-17(25)6-7-19(15)28(20)33(31,32)21-12-16(24)11-18(26)22(21)29;1-12-4-2-3-5-16(12)19-9-13-8-15(23)6-7-18(13)25(19)29(27,28)20-11-14(22)10-17(24)21(20)26;20-13-8-15(22)19(25)18(9-13)28(26,27)24-16-4-3-14(21)6-12(16)7-17(24)11-2-1-5-23-10-11;18-10-5-12(20)17(23)16(6-10)27(24,25)22-13-2-1-11(19)3-9(13)4-14(22)15-7-21-8-26-15;1-8-9(2)20(14-4-3-11(18)7-12(8)14)24(22,23)15-6-10(17)5-13(19)16(15)21/h3-12,29H,1-2H3;2-11,26H,1H3;1-10,25H;1-8,23H;3-7,21H,1-2H3. The van der Waals surface area contributed by atoms with Crippen molar-refractivity contribution in [1.29, 1.82) is 0 Å². The number of thiazole rings is 1. The summed E-state index contributed by atoms with van der Waals surface area (Å²) in [6.07, 6.45) is 4.75. The normalized spacial score (nSPS) is 11.9. The highest BCUT2D eigenvalue weighted by Gasteiger charge is 2.36. The number of pyridine rings is 1. The van der Waals surface area contributed by atoms with Crippen LogP contribution in [0.1, 0.15) is 27.2 Å². The number of carbonyl (C=O) groups excluding carboxylic acids is 1. The molecule has 1 amide bonds. The molecule has 0 aliphatic carbocycles. The summed E-state index contributed by atoms with van der Waals surface area (Å²) in [4.78, 5) is 21.2. The molecule has 0 radical (unpaired) electrons. The molecule has 0 aliphatic rings. The molecule has 0 atom stereocenters. The molecule has 19 aromatic rings. The molecule has 0 fully saturated rings. The highest BCUT2D eigenvalue weighted by atomic mass is 79.9. The van der Waals surface area contributed by atoms with E-state index in [1.54, 1.807) is 197 Å². The van der Waals surface area contributed by atoms with Crippen LogP contribution in [-0.2, 0) is 50.1 Å². The van der Waals surface area contributed by atoms with Crippen LogP contribution in [-0.4, -0.2) is 122 Å². The zero-order chi connectivity index (χ0) is 102. The Balaban J connectivity index is 0.000000134. The number of benzene rings is 12. The predicted octanol–water partition coefficient (Wildman–Crippen LogP) is 29.4. The molecule has 141 heavy (non-hydrogen) atoms. The third-order valence-corrected chi connectivity index (χ3v) is 36.2. The van der Waals surface area contributed by atoms with E-state index in [1.165, 1.54) is 88.8 Å². The summed E-state index contributed by atoms with van der Waals surface area (Å²) >= 11 is 77.9. The maximum Gasteiger partial charge on any atom is 0.272 e. The van der Waals surface area contributed by atoms with Gasteiger partial charge in [0.15, 0.2) is 28.7 Å². The lowest BCUT2D eigenvalue weighted by Gasteiger charge is -2.15. The molecule has 24 nitrogen and oxygen atoms in total. The molecule has 0 unspecified atom stereocenters. The van der Waals surface area contributed by atoms with E-state index in [4.69, 9.17) is 116 Å². The van der Waals surface area contributed by atoms with E-state index in [9.17, 15) is 72.4 Å². The molecule has 0 bridgehead atoms. The first kappa shape index (κ1) is 106. The molecule has 19 rings (SSSR count). The van der Waals surface area contributed by atoms with Crippen molar-refractivity contribution >= 4 is 318 Å². The number of aromatic nitrogens is 7. The number of hydrogen-bond donors (Lipinski definition) is 5. The molecule has 724 valence electrons. The summed E-state index contributed by atoms with van der Waals surface area (Å²) in [5.41, 5.74) is 9.84. The van der Waals surface area contributed by atoms with E-state index in [2.05, 4.69) is 89.6 Å². The number of phenolic OH excluding ortho intramolecular Hbond substituents is 5. The first-order chi connectivity index (χ1) is 66.4. The molecule has 0 saturated heterocycles. The number of phenols is 5. The Bertz CT molecular complexity index is 8990. The minimum absolute atomic E-state index is 0.0446. The smallest absolute Gasteiger partial charge is 0.272 e. The zero-order valence-electron chi connectivity index (χ0n) is 72.2. The number of rotatable bonds is 15. The quantitative estimate of drug-likeness (QED) is 0.0636. The van der Waals surface area contributed by atoms with Crippen LogP contribution >= 0.6 is 207 Å². The van der Waals surface area contributed by atoms with E-state index in [1.807, 2.05) is 38.1 Å². The number of nitrogens with zero attached hydrogens (tertiary/aromatic N) is 8. The number of amides is 1. The Morgan fingerprint density at radius 3 is 1.04 bits per heavy atom. The lowest BCUT2D eigenvalue weighted by atomic mass is 10.1. The van der Waals surface area contributed by atoms with Crippen LogP contribution in [0.15, 0.2) is 308 Å². The molecule has 12 aromatic carbocycles. The van der Waals surface area contributed by atoms with Gasteiger partial charge in [0.2, 0.25) is 0 Å². The van der Waals surface area contributed by atoms with Gasteiger partial charge in [-0.2, -0.15) is 0 Å². The van der Waals surface area contributed by atoms with Crippen LogP contribution in [0.3, 0.4) is 0 Å². The van der Waals surface area contributed by atoms with E-state index in [-0.39, 0.29) is 55.5 Å². The summed E-state index contributed by atoms with van der Waals surface area (Å²) in [6, 6.07) is 62.8. The molecular formula is C96H63Br5Cl10N8O16S6. The fraction of sp³-hybridized carbons (Fsp3) is 0.0521. The van der Waals surface area contributed by atoms with Crippen LogP contribution < -0.4 is 0 Å². The van der Waals surface area contributed by atoms with Crippen LogP contribution in [0.4, 0.5) is 0 Å². The van der Waals surface area contributed by atoms with Gasteiger partial charge in [-0.3, -0.25) is 14.8 Å². The Morgan fingerprint density at radius 1 is 0.340 bits per heavy atom. The van der Waals surface area contributed by atoms with Crippen molar-refractivity contribution in [1.82, 2.24) is 34.7 Å². The Morgan fingerprint density at radius 2 is 0.674 bits per heavy atom. The molecule has 0 saturated carbocycles. The highest BCUT2D eigenvalue weighted by molar-refractivity contribution is 9.11. The van der Waals surface area contributed by atoms with Gasteiger partial charge >= 0.3 is 0 Å². The summed E-state index contributed by atoms with van der Waals surface area (Å²) in [5.74, 6) is -2.78. The summed E-state index contributed by atoms with van der Waals surface area (Å²) in [5, 5.41) is 57.1. The van der Waals surface area contributed by atoms with Crippen molar-refractivity contribution in [2.24, 2.45) is 0 Å². The number of aryl methyl sites for hydroxylation is 2. The molecule has 7 heterocycles. The number of hydrogen-bond acceptors (Lipinski definition) is 19. The Labute approximate surface area is 902 Å². The monoisotopic (exact) mass is 2520 g/mol. The summed E-state index contributed by atoms with van der Waals surface area (Å²) in [6.45, 7) is 5.44. The van der Waals surface area contributed by atoms with Crippen molar-refractivity contribution in [2.75, 3.05) is 14.1 Å². The van der Waals surface area contributed by atoms with E-state index in [0.717, 1.165) is 30.0 Å². The maximum atomic E-state index is 13.9. The number of carbonyl (C=O) groups is 1. The minimum atomic E-state index is -4.33. The number of fused-ring (bicyclic) bond motifs is 5. The van der Waals surface area contributed by atoms with Crippen LogP contribution in [0.25, 0.3) is 98.9 Å². The second kappa shape index (κ2) is 42.0. The third-order valence-electron chi connectivity index (χ3n) is 21.7. The molecule has 5 N–H and O–H groups in total. The molecule has 7 aromatic heterocycles. The molecule has 45 heteroatoms. The van der Waals surface area contributed by atoms with Gasteiger partial charge in [0.1, 0.15) is 24.5 Å². The largest absolute Gasteiger partial charge is 0.505 e. The second-order valence-electron chi connectivity index (χ2n) is 31.0. The van der Waals surface area contributed by atoms with Gasteiger partial charge < -0.3 is 30.4 Å². The summed E-state index contributed by atoms with van der Waals surface area (Å²) in [7, 11) is -17.7. The van der Waals surface area contributed by atoms with E-state index < -0.39 is 78.9 Å². The SMILES string of the molecule is CN(C)C(=O)c1cccc(-c2cc3cc(Cl)ccc3n2S(=O)(=O)c2cc(Br)cc(Cl)c2O)c1.Cc1c(C)n(S(=O)(=O)c2cc(Br)cc(Cl)c2O)c2ccc(Cl)cc12.Cc1ccccc1-c1cc2cc(Cl)ccc2n1S(=O)(=O)c1cc(Br)cc(Cl)c1O.O=S(=O)(c1cc(Br)cc(Cl)c1O)n1c(-c2cccnc2)cc2cc(Cl)ccc21.O=S(=O)(c1cc(Br)cc(Cl)c1O)n1c(-c2cncs2)cc2cc(Cl)ccc21. The molecular weight excluding hydrogens is 2470 g/mol. The zero-order valence-corrected chi connectivity index (χ0v) is 92.6. The fourth-order valence-electron chi connectivity index (χ4n) is 15.2. The van der Waals surface area contributed by atoms with Crippen molar-refractivity contribution in [3.8, 4) is 73.1 Å². The maximum absolute atomic E-state index is 13.9. The lowest BCUT2D eigenvalue weighted by molar-refractivity contribution is 0.0827. The average molecular weight is 2530 g/mol. The topological polar surface area (TPSA) is 343 Å². The summed E-state index contributed by atoms with van der Waals surface area (Å²) < 4.78 is 144. The fourth-order valence-corrected chi connectivity index (χ4v) is 30.3. The van der Waals surface area contributed by atoms with Crippen molar-refractivity contribution in [2.45, 2.75) is 45.2 Å². The average Bonchev–Trinajstić information content (AvgIpc) is 1.62.